The molecular formula is C11H11ClN2. The zero-order valence-corrected chi connectivity index (χ0v) is 8.46. The van der Waals surface area contributed by atoms with Crippen molar-refractivity contribution in [1.82, 2.24) is 4.98 Å². The average Bonchev–Trinajstić information content (AvgIpc) is 2.19. The van der Waals surface area contributed by atoms with Gasteiger partial charge in [0.15, 0.2) is 0 Å². The third-order valence-corrected chi connectivity index (χ3v) is 2.41. The Hall–Kier alpha value is -1.28. The van der Waals surface area contributed by atoms with Gasteiger partial charge in [0.1, 0.15) is 0 Å². The molecule has 0 saturated carbocycles. The molecule has 2 aromatic rings. The van der Waals surface area contributed by atoms with Crippen LogP contribution < -0.4 is 5.73 Å². The normalized spacial score (nSPS) is 10.6. The molecule has 3 heteroatoms. The van der Waals surface area contributed by atoms with E-state index in [2.05, 4.69) is 4.98 Å². The fourth-order valence-corrected chi connectivity index (χ4v) is 1.74. The highest BCUT2D eigenvalue weighted by Crippen LogP contribution is 2.20. The molecule has 0 unspecified atom stereocenters. The van der Waals surface area contributed by atoms with Gasteiger partial charge in [-0.3, -0.25) is 4.98 Å². The lowest BCUT2D eigenvalue weighted by molar-refractivity contribution is 1.16. The van der Waals surface area contributed by atoms with Crippen LogP contribution in [0.15, 0.2) is 30.5 Å². The molecule has 1 aromatic heterocycles. The van der Waals surface area contributed by atoms with E-state index in [1.807, 2.05) is 24.3 Å². The summed E-state index contributed by atoms with van der Waals surface area (Å²) in [4.78, 5) is 4.27. The number of nitrogens with zero attached hydrogens (tertiary/aromatic N) is 1. The molecule has 0 aliphatic heterocycles. The van der Waals surface area contributed by atoms with Gasteiger partial charge in [-0.2, -0.15) is 0 Å². The maximum absolute atomic E-state index is 5.73. The van der Waals surface area contributed by atoms with Crippen molar-refractivity contribution in [2.45, 2.75) is 6.42 Å². The highest BCUT2D eigenvalue weighted by Gasteiger charge is 2.01. The SMILES string of the molecule is Nc1ccc2nccc(CCCl)c2c1. The molecule has 0 spiro atoms. The first-order chi connectivity index (χ1) is 6.81. The molecule has 2 nitrogen and oxygen atoms in total. The van der Waals surface area contributed by atoms with Gasteiger partial charge in [-0.05, 0) is 36.2 Å². The van der Waals surface area contributed by atoms with Crippen molar-refractivity contribution in [1.29, 1.82) is 0 Å². The Morgan fingerprint density at radius 1 is 1.29 bits per heavy atom. The number of rotatable bonds is 2. The minimum absolute atomic E-state index is 0.619. The minimum atomic E-state index is 0.619. The summed E-state index contributed by atoms with van der Waals surface area (Å²) in [6.07, 6.45) is 2.66. The van der Waals surface area contributed by atoms with E-state index in [0.29, 0.717) is 5.88 Å². The smallest absolute Gasteiger partial charge is 0.0706 e. The molecular weight excluding hydrogens is 196 g/mol. The van der Waals surface area contributed by atoms with Crippen LogP contribution in [0.4, 0.5) is 5.69 Å². The Kier molecular flexibility index (Phi) is 2.55. The van der Waals surface area contributed by atoms with Crippen LogP contribution in [0.3, 0.4) is 0 Å². The van der Waals surface area contributed by atoms with Crippen LogP contribution >= 0.6 is 11.6 Å². The van der Waals surface area contributed by atoms with Crippen LogP contribution in [-0.4, -0.2) is 10.9 Å². The largest absolute Gasteiger partial charge is 0.399 e. The molecule has 0 fully saturated rings. The number of hydrogen-bond donors (Lipinski definition) is 1. The number of benzene rings is 1. The number of hydrogen-bond acceptors (Lipinski definition) is 2. The topological polar surface area (TPSA) is 38.9 Å². The number of aromatic nitrogens is 1. The highest BCUT2D eigenvalue weighted by molar-refractivity contribution is 6.18. The number of alkyl halides is 1. The Morgan fingerprint density at radius 2 is 2.14 bits per heavy atom. The first kappa shape index (κ1) is 9.28. The second-order valence-electron chi connectivity index (χ2n) is 3.19. The molecule has 2 rings (SSSR count). The molecule has 0 amide bonds. The maximum atomic E-state index is 5.73. The number of nitrogens with two attached hydrogens (primary N) is 1. The Bertz CT molecular complexity index is 454. The van der Waals surface area contributed by atoms with E-state index in [1.54, 1.807) is 6.20 Å². The summed E-state index contributed by atoms with van der Waals surface area (Å²) < 4.78 is 0. The number of nitrogen functional groups attached to an aromatic ring is 1. The summed E-state index contributed by atoms with van der Waals surface area (Å²) in [6.45, 7) is 0. The summed E-state index contributed by atoms with van der Waals surface area (Å²) >= 11 is 5.72. The van der Waals surface area contributed by atoms with E-state index in [0.717, 1.165) is 23.0 Å². The molecule has 2 N–H and O–H groups in total. The van der Waals surface area contributed by atoms with Crippen molar-refractivity contribution in [3.63, 3.8) is 0 Å². The number of fused-ring (bicyclic) bond motifs is 1. The first-order valence-corrected chi connectivity index (χ1v) is 5.04. The van der Waals surface area contributed by atoms with Gasteiger partial charge < -0.3 is 5.73 Å². The predicted octanol–water partition coefficient (Wildman–Crippen LogP) is 2.60. The third-order valence-electron chi connectivity index (χ3n) is 2.22. The fourth-order valence-electron chi connectivity index (χ4n) is 1.54. The Morgan fingerprint density at radius 3 is 2.93 bits per heavy atom. The average molecular weight is 207 g/mol. The lowest BCUT2D eigenvalue weighted by Gasteiger charge is -2.04. The molecule has 1 heterocycles. The molecule has 0 bridgehead atoms. The van der Waals surface area contributed by atoms with Crippen LogP contribution in [0.2, 0.25) is 0 Å². The standard InChI is InChI=1S/C11H11ClN2/c12-5-3-8-4-6-14-11-2-1-9(13)7-10(8)11/h1-2,4,6-7H,3,5,13H2. The highest BCUT2D eigenvalue weighted by atomic mass is 35.5. The zero-order chi connectivity index (χ0) is 9.97. The second-order valence-corrected chi connectivity index (χ2v) is 3.56. The van der Waals surface area contributed by atoms with Gasteiger partial charge in [0.05, 0.1) is 5.52 Å². The van der Waals surface area contributed by atoms with Gasteiger partial charge in [-0.1, -0.05) is 0 Å². The van der Waals surface area contributed by atoms with Gasteiger partial charge in [0, 0.05) is 23.2 Å². The number of pyridine rings is 1. The van der Waals surface area contributed by atoms with E-state index in [4.69, 9.17) is 17.3 Å². The quantitative estimate of drug-likeness (QED) is 0.606. The van der Waals surface area contributed by atoms with Crippen molar-refractivity contribution in [3.8, 4) is 0 Å². The van der Waals surface area contributed by atoms with Gasteiger partial charge in [0.25, 0.3) is 0 Å². The third kappa shape index (κ3) is 1.66. The van der Waals surface area contributed by atoms with Crippen molar-refractivity contribution in [2.75, 3.05) is 11.6 Å². The fraction of sp³-hybridized carbons (Fsp3) is 0.182. The molecule has 14 heavy (non-hydrogen) atoms. The molecule has 0 atom stereocenters. The number of halogens is 1. The Labute approximate surface area is 87.7 Å². The van der Waals surface area contributed by atoms with E-state index in [1.165, 1.54) is 5.56 Å². The van der Waals surface area contributed by atoms with Crippen molar-refractivity contribution >= 4 is 28.2 Å². The zero-order valence-electron chi connectivity index (χ0n) is 7.70. The van der Waals surface area contributed by atoms with E-state index < -0.39 is 0 Å². The first-order valence-electron chi connectivity index (χ1n) is 4.50. The van der Waals surface area contributed by atoms with Crippen LogP contribution in [0.1, 0.15) is 5.56 Å². The summed E-state index contributed by atoms with van der Waals surface area (Å²) in [6, 6.07) is 7.73. The van der Waals surface area contributed by atoms with Crippen LogP contribution in [0.25, 0.3) is 10.9 Å². The summed E-state index contributed by atoms with van der Waals surface area (Å²) in [5.74, 6) is 0.619. The minimum Gasteiger partial charge on any atom is -0.399 e. The molecule has 0 aliphatic rings. The number of anilines is 1. The maximum Gasteiger partial charge on any atom is 0.0706 e. The molecule has 0 saturated heterocycles. The van der Waals surface area contributed by atoms with Crippen molar-refractivity contribution in [2.24, 2.45) is 0 Å². The molecule has 0 radical (unpaired) electrons. The Balaban J connectivity index is 2.64. The van der Waals surface area contributed by atoms with Crippen molar-refractivity contribution < 1.29 is 0 Å². The summed E-state index contributed by atoms with van der Waals surface area (Å²) in [5, 5.41) is 1.10. The lowest BCUT2D eigenvalue weighted by Crippen LogP contribution is -1.92. The monoisotopic (exact) mass is 206 g/mol. The van der Waals surface area contributed by atoms with Crippen LogP contribution in [-0.2, 0) is 6.42 Å². The van der Waals surface area contributed by atoms with Crippen LogP contribution in [0, 0.1) is 0 Å². The molecule has 1 aromatic carbocycles. The second kappa shape index (κ2) is 3.84. The van der Waals surface area contributed by atoms with Crippen molar-refractivity contribution in [3.05, 3.63) is 36.0 Å². The van der Waals surface area contributed by atoms with Gasteiger partial charge in [-0.25, -0.2) is 0 Å². The summed E-state index contributed by atoms with van der Waals surface area (Å²) in [5.41, 5.74) is 8.67. The van der Waals surface area contributed by atoms with E-state index in [-0.39, 0.29) is 0 Å². The van der Waals surface area contributed by atoms with E-state index >= 15 is 0 Å². The predicted molar refractivity (Wildman–Crippen MR) is 60.6 cm³/mol. The van der Waals surface area contributed by atoms with Gasteiger partial charge in [-0.15, -0.1) is 11.6 Å². The number of aryl methyl sites for hydroxylation is 1. The molecule has 0 aliphatic carbocycles. The summed E-state index contributed by atoms with van der Waals surface area (Å²) in [7, 11) is 0. The molecule has 72 valence electrons. The lowest BCUT2D eigenvalue weighted by atomic mass is 10.1. The van der Waals surface area contributed by atoms with Gasteiger partial charge in [0.2, 0.25) is 0 Å². The van der Waals surface area contributed by atoms with E-state index in [9.17, 15) is 0 Å². The van der Waals surface area contributed by atoms with Gasteiger partial charge >= 0.3 is 0 Å². The van der Waals surface area contributed by atoms with Crippen LogP contribution in [0.5, 0.6) is 0 Å².